The minimum absolute atomic E-state index is 0.168. The van der Waals surface area contributed by atoms with Gasteiger partial charge in [-0.15, -0.1) is 10.2 Å². The average molecular weight is 391 g/mol. The third kappa shape index (κ3) is 5.58. The van der Waals surface area contributed by atoms with Gasteiger partial charge in [-0.05, 0) is 12.1 Å². The maximum Gasteiger partial charge on any atom is 0.269 e. The summed E-state index contributed by atoms with van der Waals surface area (Å²) in [4.78, 5) is 11.6. The molecule has 2 rings (SSSR count). The van der Waals surface area contributed by atoms with Crippen molar-refractivity contribution in [3.05, 3.63) is 24.2 Å². The Morgan fingerprint density at radius 3 is 2.88 bits per heavy atom. The highest BCUT2D eigenvalue weighted by Gasteiger charge is 2.20. The summed E-state index contributed by atoms with van der Waals surface area (Å²) in [6.07, 6.45) is 1.60. The van der Waals surface area contributed by atoms with Crippen molar-refractivity contribution in [2.45, 2.75) is 23.9 Å². The number of anilines is 1. The topological polar surface area (TPSA) is 114 Å². The third-order valence-electron chi connectivity index (χ3n) is 2.75. The van der Waals surface area contributed by atoms with E-state index in [1.807, 2.05) is 12.1 Å². The summed E-state index contributed by atoms with van der Waals surface area (Å²) in [7, 11) is -3.72. The normalized spacial score (nSPS) is 11.8. The lowest BCUT2D eigenvalue weighted by Gasteiger charge is -2.03. The predicted octanol–water partition coefficient (Wildman–Crippen LogP) is 1.94. The molecule has 2 heterocycles. The molecule has 8 nitrogen and oxygen atoms in total. The Balaban J connectivity index is 1.79. The van der Waals surface area contributed by atoms with E-state index in [-0.39, 0.29) is 27.8 Å². The van der Waals surface area contributed by atoms with Gasteiger partial charge in [0.25, 0.3) is 10.0 Å². The molecule has 0 radical (unpaired) electrons. The van der Waals surface area contributed by atoms with E-state index in [0.717, 1.165) is 17.1 Å². The van der Waals surface area contributed by atoms with Gasteiger partial charge in [0.05, 0.1) is 12.0 Å². The molecular formula is C13H18N4O4S3. The molecule has 2 aromatic rings. The van der Waals surface area contributed by atoms with Crippen LogP contribution in [0.25, 0.3) is 0 Å². The van der Waals surface area contributed by atoms with Gasteiger partial charge >= 0.3 is 0 Å². The van der Waals surface area contributed by atoms with Gasteiger partial charge in [-0.2, -0.15) is 11.8 Å². The van der Waals surface area contributed by atoms with Crippen molar-refractivity contribution in [2.75, 3.05) is 17.6 Å². The number of hydrogen-bond acceptors (Lipinski definition) is 8. The van der Waals surface area contributed by atoms with Gasteiger partial charge in [-0.3, -0.25) is 4.79 Å². The van der Waals surface area contributed by atoms with Crippen LogP contribution in [0.15, 0.2) is 27.2 Å². The van der Waals surface area contributed by atoms with Gasteiger partial charge in [-0.25, -0.2) is 13.1 Å². The molecule has 0 spiro atoms. The highest BCUT2D eigenvalue weighted by molar-refractivity contribution is 7.98. The summed E-state index contributed by atoms with van der Waals surface area (Å²) in [6.45, 7) is 3.73. The molecule has 1 amide bonds. The van der Waals surface area contributed by atoms with Crippen LogP contribution in [0.4, 0.5) is 5.13 Å². The molecule has 0 aromatic carbocycles. The Labute approximate surface area is 148 Å². The number of rotatable bonds is 9. The number of hydrogen-bond donors (Lipinski definition) is 2. The van der Waals surface area contributed by atoms with Crippen LogP contribution in [0, 0.1) is 5.92 Å². The molecule has 0 aliphatic rings. The molecule has 132 valence electrons. The number of carbonyl (C=O) groups excluding carboxylic acids is 1. The summed E-state index contributed by atoms with van der Waals surface area (Å²) in [5, 5.41) is 10.00. The van der Waals surface area contributed by atoms with Gasteiger partial charge in [0.15, 0.2) is 0 Å². The highest BCUT2D eigenvalue weighted by Crippen LogP contribution is 2.20. The Hall–Kier alpha value is -1.43. The van der Waals surface area contributed by atoms with Gasteiger partial charge in [-0.1, -0.05) is 25.2 Å². The zero-order valence-corrected chi connectivity index (χ0v) is 15.6. The molecule has 0 aliphatic heterocycles. The lowest BCUT2D eigenvalue weighted by atomic mass is 10.2. The van der Waals surface area contributed by atoms with Crippen LogP contribution in [0.5, 0.6) is 0 Å². The Kier molecular flexibility index (Phi) is 6.78. The fourth-order valence-electron chi connectivity index (χ4n) is 1.50. The molecule has 0 atom stereocenters. The van der Waals surface area contributed by atoms with E-state index in [1.165, 1.54) is 0 Å². The zero-order chi connectivity index (χ0) is 17.6. The number of carbonyl (C=O) groups is 1. The first-order valence-electron chi connectivity index (χ1n) is 7.12. The molecule has 0 saturated carbocycles. The van der Waals surface area contributed by atoms with E-state index < -0.39 is 10.0 Å². The van der Waals surface area contributed by atoms with Crippen molar-refractivity contribution in [2.24, 2.45) is 5.92 Å². The quantitative estimate of drug-likeness (QED) is 0.497. The van der Waals surface area contributed by atoms with Crippen molar-refractivity contribution < 1.29 is 17.6 Å². The van der Waals surface area contributed by atoms with Crippen LogP contribution in [-0.2, 0) is 20.6 Å². The zero-order valence-electron chi connectivity index (χ0n) is 13.2. The van der Waals surface area contributed by atoms with Crippen LogP contribution >= 0.6 is 23.1 Å². The minimum Gasteiger partial charge on any atom is -0.468 e. The Morgan fingerprint density at radius 2 is 2.21 bits per heavy atom. The SMILES string of the molecule is CC(C)C(=O)Nc1nnc(S(=O)(=O)NCCSCc2ccco2)s1. The Bertz CT molecular complexity index is 756. The second-order valence-corrected chi connectivity index (χ2v) is 9.07. The molecule has 2 aromatic heterocycles. The van der Waals surface area contributed by atoms with Crippen LogP contribution in [0.3, 0.4) is 0 Å². The number of thioether (sulfide) groups is 1. The van der Waals surface area contributed by atoms with Crippen LogP contribution in [0.2, 0.25) is 0 Å². The molecule has 24 heavy (non-hydrogen) atoms. The standard InChI is InChI=1S/C13H18N4O4S3/c1-9(2)11(18)15-12-16-17-13(23-12)24(19,20)14-5-7-22-8-10-4-3-6-21-10/h3-4,6,9,14H,5,7-8H2,1-2H3,(H,15,16,18). The molecule has 0 saturated heterocycles. The van der Waals surface area contributed by atoms with Crippen molar-refractivity contribution in [3.63, 3.8) is 0 Å². The smallest absolute Gasteiger partial charge is 0.269 e. The van der Waals surface area contributed by atoms with Crippen molar-refractivity contribution >= 4 is 44.2 Å². The van der Waals surface area contributed by atoms with Crippen LogP contribution in [-0.4, -0.2) is 36.8 Å². The van der Waals surface area contributed by atoms with Gasteiger partial charge in [0, 0.05) is 18.2 Å². The largest absolute Gasteiger partial charge is 0.468 e. The monoisotopic (exact) mass is 390 g/mol. The van der Waals surface area contributed by atoms with Gasteiger partial charge in [0.2, 0.25) is 15.4 Å². The van der Waals surface area contributed by atoms with E-state index in [9.17, 15) is 13.2 Å². The van der Waals surface area contributed by atoms with Gasteiger partial charge < -0.3 is 9.73 Å². The van der Waals surface area contributed by atoms with Crippen molar-refractivity contribution in [1.82, 2.24) is 14.9 Å². The van der Waals surface area contributed by atoms with Gasteiger partial charge in [0.1, 0.15) is 5.76 Å². The second-order valence-electron chi connectivity index (χ2n) is 5.05. The van der Waals surface area contributed by atoms with Crippen LogP contribution < -0.4 is 10.0 Å². The van der Waals surface area contributed by atoms with Crippen molar-refractivity contribution in [1.29, 1.82) is 0 Å². The summed E-state index contributed by atoms with van der Waals surface area (Å²) < 4.78 is 31.7. The number of nitrogens with one attached hydrogen (secondary N) is 2. The van der Waals surface area contributed by atoms with E-state index in [4.69, 9.17) is 4.42 Å². The first-order valence-corrected chi connectivity index (χ1v) is 10.6. The number of amides is 1. The fraction of sp³-hybridized carbons (Fsp3) is 0.462. The van der Waals surface area contributed by atoms with Crippen molar-refractivity contribution in [3.8, 4) is 0 Å². The lowest BCUT2D eigenvalue weighted by Crippen LogP contribution is -2.26. The molecule has 0 bridgehead atoms. The minimum atomic E-state index is -3.72. The first-order chi connectivity index (χ1) is 11.4. The lowest BCUT2D eigenvalue weighted by molar-refractivity contribution is -0.118. The predicted molar refractivity (Wildman–Crippen MR) is 93.4 cm³/mol. The fourth-order valence-corrected chi connectivity index (χ4v) is 4.36. The molecule has 0 fully saturated rings. The van der Waals surface area contributed by atoms with E-state index in [2.05, 4.69) is 20.2 Å². The van der Waals surface area contributed by atoms with Crippen LogP contribution in [0.1, 0.15) is 19.6 Å². The third-order valence-corrected chi connectivity index (χ3v) is 6.40. The number of furan rings is 1. The number of aromatic nitrogens is 2. The highest BCUT2D eigenvalue weighted by atomic mass is 32.2. The first kappa shape index (κ1) is 18.9. The molecule has 2 N–H and O–H groups in total. The molecule has 0 aliphatic carbocycles. The van der Waals surface area contributed by atoms with E-state index in [0.29, 0.717) is 11.5 Å². The summed E-state index contributed by atoms with van der Waals surface area (Å²) >= 11 is 2.37. The molecule has 11 heteroatoms. The second kappa shape index (κ2) is 8.60. The summed E-state index contributed by atoms with van der Waals surface area (Å²) in [5.74, 6) is 1.65. The summed E-state index contributed by atoms with van der Waals surface area (Å²) in [6, 6.07) is 3.68. The Morgan fingerprint density at radius 1 is 1.42 bits per heavy atom. The maximum atomic E-state index is 12.1. The van der Waals surface area contributed by atoms with E-state index in [1.54, 1.807) is 31.9 Å². The van der Waals surface area contributed by atoms with E-state index >= 15 is 0 Å². The number of sulfonamides is 1. The maximum absolute atomic E-state index is 12.1. The molecule has 0 unspecified atom stereocenters. The number of nitrogens with zero attached hydrogens (tertiary/aromatic N) is 2. The summed E-state index contributed by atoms with van der Waals surface area (Å²) in [5.41, 5.74) is 0. The average Bonchev–Trinajstić information content (AvgIpc) is 3.18. The molecular weight excluding hydrogens is 372 g/mol.